The lowest BCUT2D eigenvalue weighted by Crippen LogP contribution is -2.55. The fourth-order valence-corrected chi connectivity index (χ4v) is 10.6. The van der Waals surface area contributed by atoms with Crippen LogP contribution in [0.1, 0.15) is 117 Å². The molecule has 5 aliphatic rings. The average Bonchev–Trinajstić information content (AvgIpc) is 3.21. The highest BCUT2D eigenvalue weighted by atomic mass is 16.6. The molecule has 1 saturated heterocycles. The van der Waals surface area contributed by atoms with Crippen LogP contribution in [-0.2, 0) is 4.74 Å². The van der Waals surface area contributed by atoms with E-state index in [2.05, 4.69) is 20.8 Å². The van der Waals surface area contributed by atoms with Crippen molar-refractivity contribution in [1.82, 2.24) is 4.90 Å². The molecule has 0 spiro atoms. The molecule has 0 aromatic rings. The van der Waals surface area contributed by atoms with Crippen LogP contribution < -0.4 is 0 Å². The van der Waals surface area contributed by atoms with Crippen molar-refractivity contribution < 1.29 is 14.6 Å². The Morgan fingerprint density at radius 2 is 1.74 bits per heavy atom. The van der Waals surface area contributed by atoms with Crippen molar-refractivity contribution in [3.63, 3.8) is 0 Å². The van der Waals surface area contributed by atoms with Gasteiger partial charge < -0.3 is 14.7 Å². The third-order valence-corrected chi connectivity index (χ3v) is 12.5. The standard InChI is InChI=1S/C31H53NO3/c1-4-22-20-25-27-14-13-23(10-9-19-35-29(34)32-18-8-6-11-24(32)21-33)30(27,2)17-15-28(25)31(3)16-7-5-12-26(22)31/h22-28,33H,4-21H2,1-3H3/t22-,23?,24?,25?,26?,27?,28-,30?,31?/m0/s1. The second-order valence-electron chi connectivity index (χ2n) is 13.7. The lowest BCUT2D eigenvalue weighted by molar-refractivity contribution is -0.135. The first kappa shape index (κ1) is 25.9. The molecule has 0 bridgehead atoms. The molecule has 9 atom stereocenters. The van der Waals surface area contributed by atoms with Crippen molar-refractivity contribution in [2.45, 2.75) is 123 Å². The number of rotatable bonds is 6. The van der Waals surface area contributed by atoms with Gasteiger partial charge >= 0.3 is 6.09 Å². The minimum Gasteiger partial charge on any atom is -0.449 e. The van der Waals surface area contributed by atoms with E-state index in [1.807, 2.05) is 0 Å². The van der Waals surface area contributed by atoms with Crippen LogP contribution in [0.2, 0.25) is 0 Å². The topological polar surface area (TPSA) is 49.8 Å². The Morgan fingerprint density at radius 3 is 2.54 bits per heavy atom. The maximum Gasteiger partial charge on any atom is 0.410 e. The Morgan fingerprint density at radius 1 is 0.943 bits per heavy atom. The SMILES string of the molecule is CC[C@H]1CC2C3CCC(CCCOC(=O)N4CCCCC4CO)C3(C)CC[C@@H]2C2(C)CCCCC12. The molecular weight excluding hydrogens is 434 g/mol. The van der Waals surface area contributed by atoms with Gasteiger partial charge in [0.05, 0.1) is 19.3 Å². The summed E-state index contributed by atoms with van der Waals surface area (Å²) in [6, 6.07) is -0.0472. The molecule has 35 heavy (non-hydrogen) atoms. The van der Waals surface area contributed by atoms with Crippen LogP contribution in [0, 0.1) is 46.3 Å². The Balaban J connectivity index is 1.17. The summed E-state index contributed by atoms with van der Waals surface area (Å²) in [5.41, 5.74) is 1.10. The van der Waals surface area contributed by atoms with Gasteiger partial charge in [0.2, 0.25) is 0 Å². The first-order chi connectivity index (χ1) is 16.9. The van der Waals surface area contributed by atoms with Gasteiger partial charge in [0.15, 0.2) is 0 Å². The second-order valence-corrected chi connectivity index (χ2v) is 13.7. The molecule has 7 unspecified atom stereocenters. The molecule has 1 N–H and O–H groups in total. The van der Waals surface area contributed by atoms with Gasteiger partial charge in [0.25, 0.3) is 0 Å². The van der Waals surface area contributed by atoms with Gasteiger partial charge in [-0.1, -0.05) is 40.0 Å². The number of nitrogens with zero attached hydrogens (tertiary/aromatic N) is 1. The summed E-state index contributed by atoms with van der Waals surface area (Å²) in [6.45, 7) is 9.14. The summed E-state index contributed by atoms with van der Waals surface area (Å²) in [4.78, 5) is 14.4. The van der Waals surface area contributed by atoms with Gasteiger partial charge in [0, 0.05) is 6.54 Å². The van der Waals surface area contributed by atoms with Crippen LogP contribution in [-0.4, -0.2) is 41.9 Å². The molecule has 200 valence electrons. The van der Waals surface area contributed by atoms with Crippen molar-refractivity contribution in [3.8, 4) is 0 Å². The first-order valence-corrected chi connectivity index (χ1v) is 15.5. The van der Waals surface area contributed by atoms with E-state index in [1.54, 1.807) is 4.90 Å². The van der Waals surface area contributed by atoms with Gasteiger partial charge in [-0.2, -0.15) is 0 Å². The van der Waals surface area contributed by atoms with E-state index in [1.165, 1.54) is 70.6 Å². The summed E-state index contributed by atoms with van der Waals surface area (Å²) >= 11 is 0. The van der Waals surface area contributed by atoms with Crippen molar-refractivity contribution in [2.24, 2.45) is 46.3 Å². The smallest absolute Gasteiger partial charge is 0.410 e. The Bertz CT molecular complexity index is 741. The third kappa shape index (κ3) is 4.57. The number of hydrogen-bond donors (Lipinski definition) is 1. The largest absolute Gasteiger partial charge is 0.449 e. The zero-order valence-corrected chi connectivity index (χ0v) is 23.0. The van der Waals surface area contributed by atoms with E-state index in [0.29, 0.717) is 17.4 Å². The van der Waals surface area contributed by atoms with Gasteiger partial charge in [-0.25, -0.2) is 4.79 Å². The van der Waals surface area contributed by atoms with Crippen LogP contribution in [0.3, 0.4) is 0 Å². The molecule has 4 nitrogen and oxygen atoms in total. The quantitative estimate of drug-likeness (QED) is 0.396. The number of carbonyl (C=O) groups is 1. The molecule has 4 saturated carbocycles. The van der Waals surface area contributed by atoms with Gasteiger partial charge in [0.1, 0.15) is 0 Å². The summed E-state index contributed by atoms with van der Waals surface area (Å²) in [5.74, 6) is 5.59. The van der Waals surface area contributed by atoms with E-state index in [9.17, 15) is 9.90 Å². The highest BCUT2D eigenvalue weighted by molar-refractivity contribution is 5.68. The van der Waals surface area contributed by atoms with E-state index < -0.39 is 0 Å². The predicted octanol–water partition coefficient (Wildman–Crippen LogP) is 7.44. The molecule has 5 fully saturated rings. The van der Waals surface area contributed by atoms with E-state index in [4.69, 9.17) is 4.74 Å². The van der Waals surface area contributed by atoms with Crippen LogP contribution >= 0.6 is 0 Å². The normalized spacial score (nSPS) is 45.4. The number of likely N-dealkylation sites (tertiary alicyclic amines) is 1. The number of carbonyl (C=O) groups excluding carboxylic acids is 1. The number of aliphatic hydroxyl groups excluding tert-OH is 1. The fourth-order valence-electron chi connectivity index (χ4n) is 10.6. The second kappa shape index (κ2) is 10.5. The molecule has 1 heterocycles. The maximum absolute atomic E-state index is 12.6. The Hall–Kier alpha value is -0.770. The number of hydrogen-bond acceptors (Lipinski definition) is 3. The summed E-state index contributed by atoms with van der Waals surface area (Å²) in [5, 5.41) is 9.61. The number of aliphatic hydroxyl groups is 1. The predicted molar refractivity (Wildman–Crippen MR) is 141 cm³/mol. The number of ether oxygens (including phenoxy) is 1. The van der Waals surface area contributed by atoms with Crippen molar-refractivity contribution >= 4 is 6.09 Å². The number of fused-ring (bicyclic) bond motifs is 5. The van der Waals surface area contributed by atoms with E-state index >= 15 is 0 Å². The van der Waals surface area contributed by atoms with Crippen LogP contribution in [0.5, 0.6) is 0 Å². The molecule has 1 aliphatic heterocycles. The maximum atomic E-state index is 12.6. The minimum absolute atomic E-state index is 0.0472. The van der Waals surface area contributed by atoms with Crippen molar-refractivity contribution in [2.75, 3.05) is 19.8 Å². The van der Waals surface area contributed by atoms with Gasteiger partial charge in [-0.05, 0) is 123 Å². The molecule has 4 heteroatoms. The fraction of sp³-hybridized carbons (Fsp3) is 0.968. The van der Waals surface area contributed by atoms with Gasteiger partial charge in [-0.15, -0.1) is 0 Å². The molecule has 1 amide bonds. The van der Waals surface area contributed by atoms with E-state index in [0.717, 1.165) is 67.7 Å². The lowest BCUT2D eigenvalue weighted by atomic mass is 9.42. The molecule has 4 aliphatic carbocycles. The first-order valence-electron chi connectivity index (χ1n) is 15.5. The molecule has 0 aromatic carbocycles. The zero-order valence-electron chi connectivity index (χ0n) is 23.0. The van der Waals surface area contributed by atoms with Crippen LogP contribution in [0.15, 0.2) is 0 Å². The third-order valence-electron chi connectivity index (χ3n) is 12.5. The van der Waals surface area contributed by atoms with Crippen molar-refractivity contribution in [3.05, 3.63) is 0 Å². The zero-order chi connectivity index (χ0) is 24.6. The molecular formula is C31H53NO3. The summed E-state index contributed by atoms with van der Waals surface area (Å²) in [7, 11) is 0. The van der Waals surface area contributed by atoms with E-state index in [-0.39, 0.29) is 18.7 Å². The minimum atomic E-state index is -0.206. The van der Waals surface area contributed by atoms with Crippen LogP contribution in [0.4, 0.5) is 4.79 Å². The Labute approximate surface area is 214 Å². The highest BCUT2D eigenvalue weighted by Gasteiger charge is 2.60. The monoisotopic (exact) mass is 487 g/mol. The lowest BCUT2D eigenvalue weighted by Gasteiger charge is -2.62. The van der Waals surface area contributed by atoms with Gasteiger partial charge in [-0.3, -0.25) is 0 Å². The Kier molecular flexibility index (Phi) is 7.79. The number of piperidine rings is 1. The summed E-state index contributed by atoms with van der Waals surface area (Å²) in [6.07, 6.45) is 19.5. The van der Waals surface area contributed by atoms with Crippen LogP contribution in [0.25, 0.3) is 0 Å². The number of amides is 1. The molecule has 0 radical (unpaired) electrons. The molecule has 0 aromatic heterocycles. The van der Waals surface area contributed by atoms with Crippen molar-refractivity contribution in [1.29, 1.82) is 0 Å². The average molecular weight is 488 g/mol. The molecule has 5 rings (SSSR count). The highest BCUT2D eigenvalue weighted by Crippen LogP contribution is 2.69. The summed E-state index contributed by atoms with van der Waals surface area (Å²) < 4.78 is 5.71.